The lowest BCUT2D eigenvalue weighted by molar-refractivity contribution is 0.412. The van der Waals surface area contributed by atoms with Crippen molar-refractivity contribution in [3.8, 4) is 28.6 Å². The molecule has 142 valence electrons. The van der Waals surface area contributed by atoms with Crippen LogP contribution in [0.15, 0.2) is 48.5 Å². The highest BCUT2D eigenvalue weighted by atomic mass is 19.1. The molecule has 0 amide bonds. The Balaban J connectivity index is 1.87. The summed E-state index contributed by atoms with van der Waals surface area (Å²) in [6, 6.07) is 13.8. The molecule has 6 heteroatoms. The van der Waals surface area contributed by atoms with Gasteiger partial charge in [-0.2, -0.15) is 5.10 Å². The van der Waals surface area contributed by atoms with E-state index < -0.39 is 0 Å². The van der Waals surface area contributed by atoms with Crippen LogP contribution in [-0.4, -0.2) is 27.0 Å². The van der Waals surface area contributed by atoms with Crippen LogP contribution in [0.2, 0.25) is 0 Å². The molecule has 0 unspecified atom stereocenters. The fourth-order valence-corrected chi connectivity index (χ4v) is 4.00. The van der Waals surface area contributed by atoms with Crippen LogP contribution in [0.3, 0.4) is 0 Å². The first-order chi connectivity index (χ1) is 13.7. The van der Waals surface area contributed by atoms with Gasteiger partial charge in [-0.3, -0.25) is 9.67 Å². The molecule has 0 aliphatic heterocycles. The van der Waals surface area contributed by atoms with E-state index in [0.717, 1.165) is 35.2 Å². The molecule has 1 aliphatic carbocycles. The second kappa shape index (κ2) is 6.41. The fourth-order valence-electron chi connectivity index (χ4n) is 4.00. The van der Waals surface area contributed by atoms with Crippen molar-refractivity contribution in [2.45, 2.75) is 25.2 Å². The third-order valence-corrected chi connectivity index (χ3v) is 5.63. The number of ether oxygens (including phenoxy) is 1. The van der Waals surface area contributed by atoms with E-state index >= 15 is 0 Å². The zero-order valence-corrected chi connectivity index (χ0v) is 15.4. The molecule has 5 rings (SSSR count). The van der Waals surface area contributed by atoms with Gasteiger partial charge in [0.25, 0.3) is 0 Å². The third kappa shape index (κ3) is 2.41. The summed E-state index contributed by atoms with van der Waals surface area (Å²) < 4.78 is 20.8. The van der Waals surface area contributed by atoms with E-state index in [1.54, 1.807) is 23.8 Å². The van der Waals surface area contributed by atoms with Crippen LogP contribution in [0.1, 0.15) is 30.9 Å². The van der Waals surface area contributed by atoms with Crippen molar-refractivity contribution in [1.82, 2.24) is 14.8 Å². The minimum absolute atomic E-state index is 0.0561. The number of fused-ring (bicyclic) bond motifs is 1. The number of aromatic hydroxyl groups is 1. The summed E-state index contributed by atoms with van der Waals surface area (Å²) in [5.41, 5.74) is 3.88. The standard InChI is InChI=1S/C22H20FN3O2/c1-28-17-8-3-2-7-16(17)21-18-19(13-5-4-6-13)24-25-20(18)22(27)26(21)15-11-9-14(23)10-12-15/h2-3,7-13,25,27H,4-6H2,1H3. The van der Waals surface area contributed by atoms with Crippen LogP contribution in [0.25, 0.3) is 27.8 Å². The van der Waals surface area contributed by atoms with Gasteiger partial charge in [-0.1, -0.05) is 18.6 Å². The number of rotatable bonds is 4. The molecule has 28 heavy (non-hydrogen) atoms. The van der Waals surface area contributed by atoms with E-state index in [1.165, 1.54) is 18.6 Å². The van der Waals surface area contributed by atoms with Gasteiger partial charge in [-0.05, 0) is 49.2 Å². The summed E-state index contributed by atoms with van der Waals surface area (Å²) in [4.78, 5) is 0. The average molecular weight is 377 g/mol. The Labute approximate surface area is 161 Å². The molecule has 5 nitrogen and oxygen atoms in total. The van der Waals surface area contributed by atoms with E-state index in [4.69, 9.17) is 4.74 Å². The molecular formula is C22H20FN3O2. The zero-order chi connectivity index (χ0) is 19.3. The molecule has 2 aromatic carbocycles. The van der Waals surface area contributed by atoms with Gasteiger partial charge in [0.05, 0.1) is 23.9 Å². The number of nitrogens with one attached hydrogen (secondary N) is 1. The Hall–Kier alpha value is -3.28. The van der Waals surface area contributed by atoms with Crippen LogP contribution in [0.4, 0.5) is 4.39 Å². The molecule has 2 aromatic heterocycles. The normalized spacial score (nSPS) is 14.4. The Morgan fingerprint density at radius 3 is 2.57 bits per heavy atom. The van der Waals surface area contributed by atoms with E-state index in [9.17, 15) is 9.50 Å². The van der Waals surface area contributed by atoms with Gasteiger partial charge >= 0.3 is 0 Å². The number of para-hydroxylation sites is 1. The van der Waals surface area contributed by atoms with E-state index in [0.29, 0.717) is 22.9 Å². The first-order valence-corrected chi connectivity index (χ1v) is 9.40. The van der Waals surface area contributed by atoms with Crippen molar-refractivity contribution in [3.05, 3.63) is 60.0 Å². The van der Waals surface area contributed by atoms with Crippen LogP contribution in [0.5, 0.6) is 11.6 Å². The maximum absolute atomic E-state index is 13.5. The number of aromatic amines is 1. The first-order valence-electron chi connectivity index (χ1n) is 9.40. The molecule has 0 spiro atoms. The summed E-state index contributed by atoms with van der Waals surface area (Å²) in [6.45, 7) is 0. The summed E-state index contributed by atoms with van der Waals surface area (Å²) in [5, 5.41) is 19.5. The number of halogens is 1. The molecule has 0 radical (unpaired) electrons. The second-order valence-electron chi connectivity index (χ2n) is 7.17. The second-order valence-corrected chi connectivity index (χ2v) is 7.17. The van der Waals surface area contributed by atoms with Crippen LogP contribution < -0.4 is 4.74 Å². The molecule has 2 N–H and O–H groups in total. The molecular weight excluding hydrogens is 357 g/mol. The maximum Gasteiger partial charge on any atom is 0.222 e. The van der Waals surface area contributed by atoms with Crippen molar-refractivity contribution in [1.29, 1.82) is 0 Å². The van der Waals surface area contributed by atoms with Gasteiger partial charge in [-0.15, -0.1) is 0 Å². The van der Waals surface area contributed by atoms with Crippen LogP contribution in [0, 0.1) is 5.82 Å². The minimum atomic E-state index is -0.323. The van der Waals surface area contributed by atoms with Crippen molar-refractivity contribution < 1.29 is 14.2 Å². The predicted molar refractivity (Wildman–Crippen MR) is 106 cm³/mol. The SMILES string of the molecule is COc1ccccc1-c1c2c(C3CCC3)n[nH]c2c(O)n1-c1ccc(F)cc1. The van der Waals surface area contributed by atoms with Gasteiger partial charge in [0.1, 0.15) is 17.1 Å². The summed E-state index contributed by atoms with van der Waals surface area (Å²) in [6.07, 6.45) is 3.37. The van der Waals surface area contributed by atoms with E-state index in [2.05, 4.69) is 10.2 Å². The van der Waals surface area contributed by atoms with Gasteiger partial charge in [0.2, 0.25) is 5.88 Å². The highest BCUT2D eigenvalue weighted by molar-refractivity contribution is 6.02. The van der Waals surface area contributed by atoms with Crippen molar-refractivity contribution >= 4 is 10.9 Å². The van der Waals surface area contributed by atoms with Gasteiger partial charge in [-0.25, -0.2) is 4.39 Å². The molecule has 1 saturated carbocycles. The lowest BCUT2D eigenvalue weighted by Gasteiger charge is -2.24. The lowest BCUT2D eigenvalue weighted by Crippen LogP contribution is -2.10. The summed E-state index contributed by atoms with van der Waals surface area (Å²) in [7, 11) is 1.63. The fraction of sp³-hybridized carbons (Fsp3) is 0.227. The number of benzene rings is 2. The zero-order valence-electron chi connectivity index (χ0n) is 15.4. The Bertz CT molecular complexity index is 1160. The van der Waals surface area contributed by atoms with Crippen LogP contribution in [-0.2, 0) is 0 Å². The topological polar surface area (TPSA) is 63.1 Å². The third-order valence-electron chi connectivity index (χ3n) is 5.63. The van der Waals surface area contributed by atoms with Gasteiger partial charge < -0.3 is 9.84 Å². The first kappa shape index (κ1) is 16.9. The number of nitrogens with zero attached hydrogens (tertiary/aromatic N) is 2. The van der Waals surface area contributed by atoms with Crippen molar-refractivity contribution in [2.24, 2.45) is 0 Å². The number of hydrogen-bond donors (Lipinski definition) is 2. The van der Waals surface area contributed by atoms with Crippen LogP contribution >= 0.6 is 0 Å². The Kier molecular flexibility index (Phi) is 3.86. The molecule has 0 bridgehead atoms. The average Bonchev–Trinajstić information content (AvgIpc) is 3.21. The molecule has 0 atom stereocenters. The molecule has 4 aromatic rings. The maximum atomic E-state index is 13.5. The van der Waals surface area contributed by atoms with Gasteiger partial charge in [0, 0.05) is 17.2 Å². The molecule has 1 fully saturated rings. The highest BCUT2D eigenvalue weighted by Crippen LogP contribution is 2.48. The number of H-pyrrole nitrogens is 1. The minimum Gasteiger partial charge on any atom is -0.496 e. The predicted octanol–water partition coefficient (Wildman–Crippen LogP) is 5.14. The summed E-state index contributed by atoms with van der Waals surface area (Å²) in [5.74, 6) is 0.814. The Morgan fingerprint density at radius 2 is 1.89 bits per heavy atom. The lowest BCUT2D eigenvalue weighted by atomic mass is 9.81. The number of methoxy groups -OCH3 is 1. The largest absolute Gasteiger partial charge is 0.496 e. The number of hydrogen-bond acceptors (Lipinski definition) is 3. The van der Waals surface area contributed by atoms with E-state index in [1.807, 2.05) is 24.3 Å². The van der Waals surface area contributed by atoms with Crippen molar-refractivity contribution in [2.75, 3.05) is 7.11 Å². The summed E-state index contributed by atoms with van der Waals surface area (Å²) >= 11 is 0. The monoisotopic (exact) mass is 377 g/mol. The number of aromatic nitrogens is 3. The van der Waals surface area contributed by atoms with E-state index in [-0.39, 0.29) is 11.7 Å². The quantitative estimate of drug-likeness (QED) is 0.517. The molecule has 0 saturated heterocycles. The smallest absolute Gasteiger partial charge is 0.222 e. The van der Waals surface area contributed by atoms with Gasteiger partial charge in [0.15, 0.2) is 0 Å². The molecule has 2 heterocycles. The van der Waals surface area contributed by atoms with Crippen molar-refractivity contribution in [3.63, 3.8) is 0 Å². The highest BCUT2D eigenvalue weighted by Gasteiger charge is 2.31. The molecule has 1 aliphatic rings. The Morgan fingerprint density at radius 1 is 1.14 bits per heavy atom.